The molecule has 4 aromatic rings. The van der Waals surface area contributed by atoms with Crippen LogP contribution < -0.4 is 4.90 Å². The van der Waals surface area contributed by atoms with E-state index in [1.807, 2.05) is 42.5 Å². The van der Waals surface area contributed by atoms with Gasteiger partial charge in [0.15, 0.2) is 0 Å². The second-order valence-electron chi connectivity index (χ2n) is 7.64. The fraction of sp³-hybridized carbons (Fsp3) is 0.115. The van der Waals surface area contributed by atoms with Gasteiger partial charge >= 0.3 is 0 Å². The van der Waals surface area contributed by atoms with Gasteiger partial charge in [-0.25, -0.2) is 8.78 Å². The lowest BCUT2D eigenvalue weighted by molar-refractivity contribution is -0.119. The zero-order chi connectivity index (χ0) is 20.7. The van der Waals surface area contributed by atoms with Crippen LogP contribution in [0, 0.1) is 11.6 Å². The first-order valence-electron chi connectivity index (χ1n) is 9.92. The number of benzene rings is 4. The Morgan fingerprint density at radius 3 is 2.43 bits per heavy atom. The largest absolute Gasteiger partial charge is 0.308 e. The van der Waals surface area contributed by atoms with Crippen LogP contribution in [0.5, 0.6) is 0 Å². The molecule has 1 aliphatic rings. The Hall–Kier alpha value is -3.53. The number of hydrogen-bond acceptors (Lipinski definition) is 1. The third-order valence-corrected chi connectivity index (χ3v) is 5.77. The van der Waals surface area contributed by atoms with Gasteiger partial charge in [-0.05, 0) is 57.8 Å². The molecular formula is C26H19F2NO. The third-order valence-electron chi connectivity index (χ3n) is 5.77. The maximum atomic E-state index is 14.0. The average Bonchev–Trinajstić information content (AvgIpc) is 2.76. The molecule has 30 heavy (non-hydrogen) atoms. The molecule has 0 spiro atoms. The maximum absolute atomic E-state index is 14.0. The lowest BCUT2D eigenvalue weighted by Crippen LogP contribution is -2.36. The molecule has 0 fully saturated rings. The van der Waals surface area contributed by atoms with Gasteiger partial charge in [-0.2, -0.15) is 0 Å². The Bertz CT molecular complexity index is 1250. The summed E-state index contributed by atoms with van der Waals surface area (Å²) in [5.41, 5.74) is 3.50. The molecule has 1 unspecified atom stereocenters. The third kappa shape index (κ3) is 3.24. The molecule has 5 rings (SSSR count). The molecule has 148 valence electrons. The van der Waals surface area contributed by atoms with Crippen molar-refractivity contribution in [2.75, 3.05) is 4.90 Å². The number of rotatable bonds is 3. The van der Waals surface area contributed by atoms with Crippen molar-refractivity contribution in [3.05, 3.63) is 113 Å². The molecule has 4 aromatic carbocycles. The van der Waals surface area contributed by atoms with E-state index in [1.54, 1.807) is 23.1 Å². The summed E-state index contributed by atoms with van der Waals surface area (Å²) < 4.78 is 27.3. The molecule has 0 bridgehead atoms. The van der Waals surface area contributed by atoms with Gasteiger partial charge in [-0.3, -0.25) is 4.79 Å². The summed E-state index contributed by atoms with van der Waals surface area (Å²) in [6, 6.07) is 24.7. The highest BCUT2D eigenvalue weighted by Gasteiger charge is 2.33. The van der Waals surface area contributed by atoms with Crippen LogP contribution in [-0.2, 0) is 11.3 Å². The highest BCUT2D eigenvalue weighted by molar-refractivity contribution is 6.03. The Labute approximate surface area is 173 Å². The number of amides is 1. The molecule has 0 aliphatic carbocycles. The van der Waals surface area contributed by atoms with E-state index < -0.39 is 0 Å². The molecule has 0 saturated heterocycles. The first-order chi connectivity index (χ1) is 14.6. The normalized spacial score (nSPS) is 16.0. The van der Waals surface area contributed by atoms with Gasteiger partial charge in [0.1, 0.15) is 11.6 Å². The molecule has 2 nitrogen and oxygen atoms in total. The summed E-state index contributed by atoms with van der Waals surface area (Å²) in [5.74, 6) is -0.869. The van der Waals surface area contributed by atoms with Crippen molar-refractivity contribution >= 4 is 22.4 Å². The quantitative estimate of drug-likeness (QED) is 0.402. The Morgan fingerprint density at radius 2 is 1.63 bits per heavy atom. The fourth-order valence-electron chi connectivity index (χ4n) is 4.36. The standard InChI is InChI=1S/C26H19F2NO/c27-20-11-8-17(9-12-20)16-29-24-13-10-18-4-1-2-7-22(18)26(24)23(15-25(29)30)19-5-3-6-21(28)14-19/h1-14,23H,15-16H2. The van der Waals surface area contributed by atoms with Crippen LogP contribution in [0.1, 0.15) is 29.0 Å². The van der Waals surface area contributed by atoms with Crippen molar-refractivity contribution < 1.29 is 13.6 Å². The second-order valence-corrected chi connectivity index (χ2v) is 7.64. The van der Waals surface area contributed by atoms with Crippen molar-refractivity contribution in [3.63, 3.8) is 0 Å². The van der Waals surface area contributed by atoms with E-state index in [4.69, 9.17) is 0 Å². The highest BCUT2D eigenvalue weighted by Crippen LogP contribution is 2.44. The SMILES string of the molecule is O=C1CC(c2cccc(F)c2)c2c(ccc3ccccc23)N1Cc1ccc(F)cc1. The van der Waals surface area contributed by atoms with Gasteiger partial charge in [0, 0.05) is 18.0 Å². The van der Waals surface area contributed by atoms with Crippen molar-refractivity contribution in [2.24, 2.45) is 0 Å². The molecule has 1 atom stereocenters. The molecule has 0 aromatic heterocycles. The number of hydrogen-bond donors (Lipinski definition) is 0. The van der Waals surface area contributed by atoms with Crippen LogP contribution in [0.4, 0.5) is 14.5 Å². The molecule has 1 aliphatic heterocycles. The first-order valence-corrected chi connectivity index (χ1v) is 9.92. The summed E-state index contributed by atoms with van der Waals surface area (Å²) in [7, 11) is 0. The number of halogens is 2. The first kappa shape index (κ1) is 18.5. The molecule has 0 saturated carbocycles. The van der Waals surface area contributed by atoms with Gasteiger partial charge in [-0.1, -0.05) is 54.6 Å². The molecule has 0 N–H and O–H groups in total. The van der Waals surface area contributed by atoms with Crippen LogP contribution in [0.3, 0.4) is 0 Å². The van der Waals surface area contributed by atoms with Crippen LogP contribution >= 0.6 is 0 Å². The monoisotopic (exact) mass is 399 g/mol. The number of fused-ring (bicyclic) bond motifs is 3. The Balaban J connectivity index is 1.68. The molecular weight excluding hydrogens is 380 g/mol. The zero-order valence-corrected chi connectivity index (χ0v) is 16.2. The van der Waals surface area contributed by atoms with E-state index in [2.05, 4.69) is 0 Å². The summed E-state index contributed by atoms with van der Waals surface area (Å²) in [6.07, 6.45) is 0.256. The van der Waals surface area contributed by atoms with Crippen LogP contribution in [0.25, 0.3) is 10.8 Å². The van der Waals surface area contributed by atoms with E-state index in [-0.39, 0.29) is 29.9 Å². The minimum absolute atomic E-state index is 0.0311. The van der Waals surface area contributed by atoms with Crippen molar-refractivity contribution in [1.29, 1.82) is 0 Å². The second kappa shape index (κ2) is 7.38. The van der Waals surface area contributed by atoms with Crippen molar-refractivity contribution in [3.8, 4) is 0 Å². The average molecular weight is 399 g/mol. The van der Waals surface area contributed by atoms with E-state index in [0.717, 1.165) is 33.2 Å². The lowest BCUT2D eigenvalue weighted by Gasteiger charge is -2.35. The summed E-state index contributed by atoms with van der Waals surface area (Å²) in [5, 5.41) is 2.13. The summed E-state index contributed by atoms with van der Waals surface area (Å²) >= 11 is 0. The van der Waals surface area contributed by atoms with E-state index in [9.17, 15) is 13.6 Å². The predicted molar refractivity (Wildman–Crippen MR) is 114 cm³/mol. The van der Waals surface area contributed by atoms with Crippen molar-refractivity contribution in [2.45, 2.75) is 18.9 Å². The van der Waals surface area contributed by atoms with Gasteiger partial charge in [0.05, 0.1) is 6.54 Å². The number of anilines is 1. The molecule has 0 radical (unpaired) electrons. The van der Waals surface area contributed by atoms with Crippen LogP contribution in [-0.4, -0.2) is 5.91 Å². The lowest BCUT2D eigenvalue weighted by atomic mass is 9.81. The predicted octanol–water partition coefficient (Wildman–Crippen LogP) is 6.19. The molecule has 1 heterocycles. The highest BCUT2D eigenvalue weighted by atomic mass is 19.1. The van der Waals surface area contributed by atoms with Crippen LogP contribution in [0.15, 0.2) is 84.9 Å². The minimum atomic E-state index is -0.310. The summed E-state index contributed by atoms with van der Waals surface area (Å²) in [4.78, 5) is 14.9. The fourth-order valence-corrected chi connectivity index (χ4v) is 4.36. The Morgan fingerprint density at radius 1 is 0.833 bits per heavy atom. The smallest absolute Gasteiger partial charge is 0.228 e. The zero-order valence-electron chi connectivity index (χ0n) is 16.2. The number of nitrogens with zero attached hydrogens (tertiary/aromatic N) is 1. The van der Waals surface area contributed by atoms with Crippen molar-refractivity contribution in [1.82, 2.24) is 0 Å². The molecule has 4 heteroatoms. The van der Waals surface area contributed by atoms with Crippen LogP contribution in [0.2, 0.25) is 0 Å². The van der Waals surface area contributed by atoms with E-state index in [1.165, 1.54) is 24.3 Å². The number of carbonyl (C=O) groups excluding carboxylic acids is 1. The Kier molecular flexibility index (Phi) is 4.55. The summed E-state index contributed by atoms with van der Waals surface area (Å²) in [6.45, 7) is 0.361. The molecule has 1 amide bonds. The van der Waals surface area contributed by atoms with Gasteiger partial charge < -0.3 is 4.90 Å². The van der Waals surface area contributed by atoms with Gasteiger partial charge in [-0.15, -0.1) is 0 Å². The number of carbonyl (C=O) groups is 1. The maximum Gasteiger partial charge on any atom is 0.228 e. The topological polar surface area (TPSA) is 20.3 Å². The van der Waals surface area contributed by atoms with E-state index >= 15 is 0 Å². The van der Waals surface area contributed by atoms with Gasteiger partial charge in [0.2, 0.25) is 5.91 Å². The van der Waals surface area contributed by atoms with E-state index in [0.29, 0.717) is 6.54 Å². The van der Waals surface area contributed by atoms with Gasteiger partial charge in [0.25, 0.3) is 0 Å². The minimum Gasteiger partial charge on any atom is -0.308 e.